The number of benzene rings is 1. The van der Waals surface area contributed by atoms with Crippen molar-refractivity contribution in [2.24, 2.45) is 0 Å². The lowest BCUT2D eigenvalue weighted by Crippen LogP contribution is -2.51. The Kier molecular flexibility index (Phi) is 6.36. The molecule has 1 N–H and O–H groups in total. The maximum atomic E-state index is 13.4. The van der Waals surface area contributed by atoms with E-state index in [2.05, 4.69) is 28.8 Å². The molecule has 1 fully saturated rings. The van der Waals surface area contributed by atoms with E-state index >= 15 is 0 Å². The van der Waals surface area contributed by atoms with Crippen molar-refractivity contribution in [3.05, 3.63) is 46.5 Å². The second-order valence-electron chi connectivity index (χ2n) is 8.68. The van der Waals surface area contributed by atoms with Gasteiger partial charge < -0.3 is 10.2 Å². The number of carbonyl (C=O) groups is 2. The quantitative estimate of drug-likeness (QED) is 0.698. The highest BCUT2D eigenvalue weighted by atomic mass is 32.1. The Morgan fingerprint density at radius 2 is 1.83 bits per heavy atom. The minimum Gasteiger partial charge on any atom is -0.349 e. The molecular weight excluding hydrogens is 384 g/mol. The number of hydrogen-bond acceptors (Lipinski definition) is 5. The van der Waals surface area contributed by atoms with E-state index in [4.69, 9.17) is 0 Å². The van der Waals surface area contributed by atoms with Crippen LogP contribution in [0.25, 0.3) is 0 Å². The standard InChI is InChI=1S/C22H30N4O2S/c1-6-22(4,5)23-20(27)19(16-9-7-15(8-10-16)14(2)3)26(17-11-12-17)21(28)18-13-29-25-24-18/h7-10,13-14,17,19H,6,11-12H2,1-5H3,(H,23,27)/t19-/m0/s1. The SMILES string of the molecule is CCC(C)(C)NC(=O)[C@H](c1ccc(C(C)C)cc1)N(C(=O)c1csnn1)C1CC1. The van der Waals surface area contributed by atoms with Gasteiger partial charge in [0.1, 0.15) is 6.04 Å². The molecule has 6 nitrogen and oxygen atoms in total. The van der Waals surface area contributed by atoms with Crippen LogP contribution in [0.2, 0.25) is 0 Å². The molecule has 0 aliphatic heterocycles. The molecule has 0 radical (unpaired) electrons. The molecule has 156 valence electrons. The van der Waals surface area contributed by atoms with Gasteiger partial charge in [0, 0.05) is 17.0 Å². The summed E-state index contributed by atoms with van der Waals surface area (Å²) in [6, 6.07) is 7.40. The van der Waals surface area contributed by atoms with E-state index in [1.54, 1.807) is 10.3 Å². The van der Waals surface area contributed by atoms with E-state index in [0.29, 0.717) is 11.6 Å². The van der Waals surface area contributed by atoms with Crippen LogP contribution in [0.15, 0.2) is 29.6 Å². The van der Waals surface area contributed by atoms with E-state index < -0.39 is 6.04 Å². The number of carbonyl (C=O) groups excluding carboxylic acids is 2. The van der Waals surface area contributed by atoms with Gasteiger partial charge in [-0.1, -0.05) is 49.5 Å². The van der Waals surface area contributed by atoms with E-state index in [9.17, 15) is 9.59 Å². The van der Waals surface area contributed by atoms with Crippen LogP contribution in [-0.2, 0) is 4.79 Å². The van der Waals surface area contributed by atoms with Crippen molar-refractivity contribution < 1.29 is 9.59 Å². The summed E-state index contributed by atoms with van der Waals surface area (Å²) in [7, 11) is 0. The Bertz CT molecular complexity index is 842. The van der Waals surface area contributed by atoms with Gasteiger partial charge in [-0.05, 0) is 61.7 Å². The molecule has 0 spiro atoms. The van der Waals surface area contributed by atoms with Gasteiger partial charge in [-0.25, -0.2) is 0 Å². The maximum absolute atomic E-state index is 13.4. The zero-order valence-corrected chi connectivity index (χ0v) is 18.6. The summed E-state index contributed by atoms with van der Waals surface area (Å²) < 4.78 is 3.83. The highest BCUT2D eigenvalue weighted by Crippen LogP contribution is 2.36. The molecule has 2 aromatic rings. The average molecular weight is 415 g/mol. The lowest BCUT2D eigenvalue weighted by atomic mass is 9.96. The number of nitrogens with one attached hydrogen (secondary N) is 1. The second-order valence-corrected chi connectivity index (χ2v) is 9.29. The fraction of sp³-hybridized carbons (Fsp3) is 0.545. The first kappa shape index (κ1) is 21.4. The van der Waals surface area contributed by atoms with Crippen molar-refractivity contribution in [1.82, 2.24) is 19.8 Å². The number of aromatic nitrogens is 2. The predicted molar refractivity (Wildman–Crippen MR) is 115 cm³/mol. The molecule has 3 rings (SSSR count). The van der Waals surface area contributed by atoms with Gasteiger partial charge in [-0.3, -0.25) is 9.59 Å². The third kappa shape index (κ3) is 5.01. The summed E-state index contributed by atoms with van der Waals surface area (Å²) in [5.41, 5.74) is 1.97. The van der Waals surface area contributed by atoms with E-state index in [0.717, 1.165) is 36.4 Å². The van der Waals surface area contributed by atoms with E-state index in [1.165, 1.54) is 5.56 Å². The van der Waals surface area contributed by atoms with Crippen LogP contribution in [0.3, 0.4) is 0 Å². The van der Waals surface area contributed by atoms with Crippen molar-refractivity contribution in [1.29, 1.82) is 0 Å². The molecule has 0 unspecified atom stereocenters. The van der Waals surface area contributed by atoms with Crippen molar-refractivity contribution >= 4 is 23.3 Å². The second kappa shape index (κ2) is 8.61. The first-order valence-corrected chi connectivity index (χ1v) is 11.1. The van der Waals surface area contributed by atoms with E-state index in [-0.39, 0.29) is 23.4 Å². The average Bonchev–Trinajstić information content (AvgIpc) is 3.37. The van der Waals surface area contributed by atoms with Gasteiger partial charge in [-0.15, -0.1) is 5.10 Å². The monoisotopic (exact) mass is 414 g/mol. The number of rotatable bonds is 8. The molecule has 1 aromatic heterocycles. The highest BCUT2D eigenvalue weighted by Gasteiger charge is 2.43. The van der Waals surface area contributed by atoms with Crippen molar-refractivity contribution in [2.45, 2.75) is 77.4 Å². The zero-order chi connectivity index (χ0) is 21.2. The molecular formula is C22H30N4O2S. The molecule has 7 heteroatoms. The molecule has 1 saturated carbocycles. The summed E-state index contributed by atoms with van der Waals surface area (Å²) in [6.45, 7) is 10.3. The van der Waals surface area contributed by atoms with Crippen LogP contribution < -0.4 is 5.32 Å². The number of nitrogens with zero attached hydrogens (tertiary/aromatic N) is 3. The maximum Gasteiger partial charge on any atom is 0.276 e. The van der Waals surface area contributed by atoms with E-state index in [1.807, 2.05) is 45.0 Å². The molecule has 1 aliphatic rings. The fourth-order valence-electron chi connectivity index (χ4n) is 3.23. The van der Waals surface area contributed by atoms with Crippen molar-refractivity contribution in [3.8, 4) is 0 Å². The van der Waals surface area contributed by atoms with Gasteiger partial charge in [-0.2, -0.15) is 0 Å². The molecule has 1 heterocycles. The van der Waals surface area contributed by atoms with Crippen molar-refractivity contribution in [3.63, 3.8) is 0 Å². The largest absolute Gasteiger partial charge is 0.349 e. The van der Waals surface area contributed by atoms with Gasteiger partial charge >= 0.3 is 0 Å². The number of hydrogen-bond donors (Lipinski definition) is 1. The minimum atomic E-state index is -0.691. The molecule has 2 amide bonds. The van der Waals surface area contributed by atoms with Gasteiger partial charge in [0.25, 0.3) is 5.91 Å². The lowest BCUT2D eigenvalue weighted by molar-refractivity contribution is -0.127. The van der Waals surface area contributed by atoms with Crippen LogP contribution in [0.1, 0.15) is 87.5 Å². The molecule has 1 atom stereocenters. The first-order valence-electron chi connectivity index (χ1n) is 10.2. The van der Waals surface area contributed by atoms with Crippen molar-refractivity contribution in [2.75, 3.05) is 0 Å². The molecule has 1 aliphatic carbocycles. The van der Waals surface area contributed by atoms with Crippen LogP contribution in [0, 0.1) is 0 Å². The zero-order valence-electron chi connectivity index (χ0n) is 17.8. The summed E-state index contributed by atoms with van der Waals surface area (Å²) >= 11 is 1.14. The third-order valence-electron chi connectivity index (χ3n) is 5.54. The summed E-state index contributed by atoms with van der Waals surface area (Å²) in [5, 5.41) is 8.74. The molecule has 1 aromatic carbocycles. The Morgan fingerprint density at radius 3 is 2.31 bits per heavy atom. The smallest absolute Gasteiger partial charge is 0.276 e. The highest BCUT2D eigenvalue weighted by molar-refractivity contribution is 7.03. The van der Waals surface area contributed by atoms with Gasteiger partial charge in [0.15, 0.2) is 5.69 Å². The summed E-state index contributed by atoms with van der Waals surface area (Å²) in [4.78, 5) is 28.4. The molecule has 0 bridgehead atoms. The summed E-state index contributed by atoms with van der Waals surface area (Å²) in [6.07, 6.45) is 2.59. The Labute approximate surface area is 176 Å². The fourth-order valence-corrected chi connectivity index (χ4v) is 3.66. The summed E-state index contributed by atoms with van der Waals surface area (Å²) in [5.74, 6) is 0.0128. The van der Waals surface area contributed by atoms with Crippen LogP contribution in [0.4, 0.5) is 0 Å². The molecule has 0 saturated heterocycles. The first-order chi connectivity index (χ1) is 13.7. The van der Waals surface area contributed by atoms with Gasteiger partial charge in [0.2, 0.25) is 5.91 Å². The Morgan fingerprint density at radius 1 is 1.21 bits per heavy atom. The van der Waals surface area contributed by atoms with Gasteiger partial charge in [0.05, 0.1) is 0 Å². The topological polar surface area (TPSA) is 75.2 Å². The van der Waals surface area contributed by atoms with Crippen LogP contribution >= 0.6 is 11.5 Å². The minimum absolute atomic E-state index is 0.0504. The Balaban J connectivity index is 2.00. The normalized spacial score (nSPS) is 15.2. The predicted octanol–water partition coefficient (Wildman–Crippen LogP) is 4.31. The molecule has 29 heavy (non-hydrogen) atoms. The lowest BCUT2D eigenvalue weighted by Gasteiger charge is -2.34. The third-order valence-corrected chi connectivity index (χ3v) is 6.05. The van der Waals surface area contributed by atoms with Crippen LogP contribution in [-0.4, -0.2) is 37.9 Å². The van der Waals surface area contributed by atoms with Crippen LogP contribution in [0.5, 0.6) is 0 Å². The Hall–Kier alpha value is -2.28. The number of amides is 2.